The molecule has 0 saturated heterocycles. The third-order valence-corrected chi connectivity index (χ3v) is 3.44. The number of aryl methyl sites for hydroxylation is 2. The first kappa shape index (κ1) is 16.9. The molecule has 1 amide bonds. The Hall–Kier alpha value is -2.50. The lowest BCUT2D eigenvalue weighted by molar-refractivity contribution is -0.116. The molecule has 2 N–H and O–H groups in total. The van der Waals surface area contributed by atoms with Crippen LogP contribution in [0, 0.1) is 31.3 Å². The number of amides is 1. The molecule has 0 heterocycles. The number of nitrogens with one attached hydrogen (secondary N) is 2. The number of halogens is 3. The van der Waals surface area contributed by atoms with Gasteiger partial charge in [0.1, 0.15) is 6.04 Å². The van der Waals surface area contributed by atoms with Crippen molar-refractivity contribution < 1.29 is 18.0 Å². The van der Waals surface area contributed by atoms with Gasteiger partial charge in [0.15, 0.2) is 17.5 Å². The molecule has 0 spiro atoms. The molecule has 0 radical (unpaired) electrons. The molecule has 0 aliphatic heterocycles. The maximum Gasteiger partial charge on any atom is 0.246 e. The summed E-state index contributed by atoms with van der Waals surface area (Å²) >= 11 is 0. The van der Waals surface area contributed by atoms with Crippen LogP contribution < -0.4 is 10.6 Å². The van der Waals surface area contributed by atoms with Gasteiger partial charge in [0.2, 0.25) is 5.91 Å². The van der Waals surface area contributed by atoms with Crippen molar-refractivity contribution in [2.45, 2.75) is 26.8 Å². The van der Waals surface area contributed by atoms with Crippen molar-refractivity contribution in [2.24, 2.45) is 0 Å². The summed E-state index contributed by atoms with van der Waals surface area (Å²) in [6.07, 6.45) is 0. The lowest BCUT2D eigenvalue weighted by atomic mass is 10.1. The van der Waals surface area contributed by atoms with Crippen LogP contribution in [0.2, 0.25) is 0 Å². The second-order valence-corrected chi connectivity index (χ2v) is 5.40. The highest BCUT2D eigenvalue weighted by Gasteiger charge is 2.18. The van der Waals surface area contributed by atoms with Crippen LogP contribution in [0.4, 0.5) is 24.5 Å². The monoisotopic (exact) mass is 322 g/mol. The summed E-state index contributed by atoms with van der Waals surface area (Å²) in [5.41, 5.74) is 2.42. The van der Waals surface area contributed by atoms with Crippen LogP contribution in [-0.4, -0.2) is 11.9 Å². The third kappa shape index (κ3) is 3.83. The van der Waals surface area contributed by atoms with Crippen LogP contribution >= 0.6 is 0 Å². The van der Waals surface area contributed by atoms with Gasteiger partial charge in [-0.25, -0.2) is 13.2 Å². The van der Waals surface area contributed by atoms with Crippen molar-refractivity contribution in [3.63, 3.8) is 0 Å². The molecule has 0 unspecified atom stereocenters. The normalized spacial score (nSPS) is 11.9. The van der Waals surface area contributed by atoms with Crippen molar-refractivity contribution in [1.82, 2.24) is 0 Å². The maximum absolute atomic E-state index is 13.6. The summed E-state index contributed by atoms with van der Waals surface area (Å²) in [4.78, 5) is 12.1. The second-order valence-electron chi connectivity index (χ2n) is 5.40. The van der Waals surface area contributed by atoms with Gasteiger partial charge in [-0.1, -0.05) is 17.7 Å². The Kier molecular flexibility index (Phi) is 4.93. The number of hydrogen-bond acceptors (Lipinski definition) is 2. The minimum absolute atomic E-state index is 0.400. The molecule has 0 aliphatic carbocycles. The molecule has 2 aromatic carbocycles. The topological polar surface area (TPSA) is 41.1 Å². The van der Waals surface area contributed by atoms with Crippen LogP contribution in [0.1, 0.15) is 18.1 Å². The van der Waals surface area contributed by atoms with Crippen molar-refractivity contribution in [1.29, 1.82) is 0 Å². The van der Waals surface area contributed by atoms with E-state index in [1.54, 1.807) is 6.92 Å². The molecule has 0 aromatic heterocycles. The fourth-order valence-electron chi connectivity index (χ4n) is 2.14. The van der Waals surface area contributed by atoms with Gasteiger partial charge in [-0.2, -0.15) is 0 Å². The average molecular weight is 322 g/mol. The number of rotatable bonds is 4. The Bertz CT molecular complexity index is 747. The molecule has 6 heteroatoms. The predicted molar refractivity (Wildman–Crippen MR) is 83.9 cm³/mol. The van der Waals surface area contributed by atoms with E-state index in [0.29, 0.717) is 0 Å². The minimum Gasteiger partial charge on any atom is -0.374 e. The minimum atomic E-state index is -1.61. The molecule has 3 nitrogen and oxygen atoms in total. The average Bonchev–Trinajstić information content (AvgIpc) is 2.50. The predicted octanol–water partition coefficient (Wildman–Crippen LogP) is 4.16. The van der Waals surface area contributed by atoms with E-state index in [1.807, 2.05) is 32.0 Å². The molecule has 1 atom stereocenters. The highest BCUT2D eigenvalue weighted by Crippen LogP contribution is 2.21. The van der Waals surface area contributed by atoms with Crippen molar-refractivity contribution in [3.05, 3.63) is 58.9 Å². The summed E-state index contributed by atoms with van der Waals surface area (Å²) in [6.45, 7) is 5.44. The standard InChI is InChI=1S/C17H17F3N2O/c1-9-4-6-13(10(2)8-9)21-11(3)17(23)22-14-7-5-12(18)15(19)16(14)20/h4-8,11,21H,1-3H3,(H,22,23)/t11-/m0/s1. The van der Waals surface area contributed by atoms with E-state index in [9.17, 15) is 18.0 Å². The van der Waals surface area contributed by atoms with E-state index in [0.717, 1.165) is 28.9 Å². The van der Waals surface area contributed by atoms with Crippen LogP contribution in [-0.2, 0) is 4.79 Å². The van der Waals surface area contributed by atoms with Crippen LogP contribution in [0.5, 0.6) is 0 Å². The van der Waals surface area contributed by atoms with Gasteiger partial charge in [-0.15, -0.1) is 0 Å². The lowest BCUT2D eigenvalue weighted by Gasteiger charge is -2.17. The smallest absolute Gasteiger partial charge is 0.246 e. The van der Waals surface area contributed by atoms with Crippen molar-refractivity contribution in [2.75, 3.05) is 10.6 Å². The first-order valence-corrected chi connectivity index (χ1v) is 7.07. The number of carbonyl (C=O) groups excluding carboxylic acids is 1. The molecular formula is C17H17F3N2O. The molecular weight excluding hydrogens is 305 g/mol. The zero-order valence-electron chi connectivity index (χ0n) is 13.0. The molecule has 2 aromatic rings. The first-order chi connectivity index (χ1) is 10.8. The first-order valence-electron chi connectivity index (χ1n) is 7.07. The summed E-state index contributed by atoms with van der Waals surface area (Å²) in [5, 5.41) is 5.25. The van der Waals surface area contributed by atoms with Gasteiger partial charge in [0.05, 0.1) is 5.69 Å². The van der Waals surface area contributed by atoms with Crippen molar-refractivity contribution in [3.8, 4) is 0 Å². The van der Waals surface area contributed by atoms with Crippen LogP contribution in [0.3, 0.4) is 0 Å². The third-order valence-electron chi connectivity index (χ3n) is 3.44. The van der Waals surface area contributed by atoms with Gasteiger partial charge in [0.25, 0.3) is 0 Å². The second kappa shape index (κ2) is 6.73. The summed E-state index contributed by atoms with van der Waals surface area (Å²) < 4.78 is 39.6. The van der Waals surface area contributed by atoms with E-state index < -0.39 is 35.1 Å². The lowest BCUT2D eigenvalue weighted by Crippen LogP contribution is -2.32. The zero-order chi connectivity index (χ0) is 17.1. The molecule has 0 saturated carbocycles. The van der Waals surface area contributed by atoms with E-state index in [-0.39, 0.29) is 0 Å². The Balaban J connectivity index is 2.10. The van der Waals surface area contributed by atoms with E-state index in [1.165, 1.54) is 0 Å². The molecule has 0 aliphatic rings. The highest BCUT2D eigenvalue weighted by molar-refractivity contribution is 5.96. The Labute approximate surface area is 132 Å². The maximum atomic E-state index is 13.6. The summed E-state index contributed by atoms with van der Waals surface area (Å²) in [7, 11) is 0. The van der Waals surface area contributed by atoms with Gasteiger partial charge in [0, 0.05) is 5.69 Å². The molecule has 122 valence electrons. The van der Waals surface area contributed by atoms with E-state index in [4.69, 9.17) is 0 Å². The SMILES string of the molecule is Cc1ccc(N[C@@H](C)C(=O)Nc2ccc(F)c(F)c2F)c(C)c1. The fourth-order valence-corrected chi connectivity index (χ4v) is 2.14. The van der Waals surface area contributed by atoms with Crippen LogP contribution in [0.25, 0.3) is 0 Å². The van der Waals surface area contributed by atoms with Gasteiger partial charge in [-0.3, -0.25) is 4.79 Å². The largest absolute Gasteiger partial charge is 0.374 e. The summed E-state index contributed by atoms with van der Waals surface area (Å²) in [5.74, 6) is -4.90. The quantitative estimate of drug-likeness (QED) is 0.830. The Morgan fingerprint density at radius 3 is 2.30 bits per heavy atom. The molecule has 0 bridgehead atoms. The number of anilines is 2. The van der Waals surface area contributed by atoms with Gasteiger partial charge >= 0.3 is 0 Å². The summed E-state index contributed by atoms with van der Waals surface area (Å²) in [6, 6.07) is 6.75. The molecule has 23 heavy (non-hydrogen) atoms. The van der Waals surface area contributed by atoms with Gasteiger partial charge < -0.3 is 10.6 Å². The van der Waals surface area contributed by atoms with E-state index in [2.05, 4.69) is 10.6 Å². The number of carbonyl (C=O) groups is 1. The Morgan fingerprint density at radius 1 is 1.00 bits per heavy atom. The zero-order valence-corrected chi connectivity index (χ0v) is 13.0. The van der Waals surface area contributed by atoms with Gasteiger partial charge in [-0.05, 0) is 44.5 Å². The number of benzene rings is 2. The Morgan fingerprint density at radius 2 is 1.65 bits per heavy atom. The molecule has 2 rings (SSSR count). The fraction of sp³-hybridized carbons (Fsp3) is 0.235. The van der Waals surface area contributed by atoms with Crippen LogP contribution in [0.15, 0.2) is 30.3 Å². The number of hydrogen-bond donors (Lipinski definition) is 2. The van der Waals surface area contributed by atoms with E-state index >= 15 is 0 Å². The molecule has 0 fully saturated rings. The van der Waals surface area contributed by atoms with Crippen molar-refractivity contribution >= 4 is 17.3 Å². The highest BCUT2D eigenvalue weighted by atomic mass is 19.2.